The smallest absolute Gasteiger partial charge is 0.293 e. The highest BCUT2D eigenvalue weighted by atomic mass is 127. The molecule has 3 rings (SSSR count). The normalized spacial score (nSPS) is 15.0. The van der Waals surface area contributed by atoms with Crippen molar-refractivity contribution in [3.8, 4) is 17.2 Å². The standard InChI is InChI=1S/C22H21ClINO5S/c1-3-28-18-12-14(11-17(24)20(18)29-4-2)13-19-21(26)25(22(27)31-19)9-10-30-16-7-5-15(23)6-8-16/h5-8,11-13H,3-4,9-10H2,1-2H3/b19-13-. The molecule has 1 fully saturated rings. The van der Waals surface area contributed by atoms with E-state index in [1.807, 2.05) is 26.0 Å². The van der Waals surface area contributed by atoms with E-state index in [0.29, 0.717) is 40.4 Å². The maximum absolute atomic E-state index is 12.8. The summed E-state index contributed by atoms with van der Waals surface area (Å²) >= 11 is 8.94. The number of carbonyl (C=O) groups is 2. The largest absolute Gasteiger partial charge is 0.492 e. The molecule has 2 amide bonds. The van der Waals surface area contributed by atoms with Gasteiger partial charge in [0.1, 0.15) is 12.4 Å². The molecular weight excluding hydrogens is 553 g/mol. The number of halogens is 2. The Balaban J connectivity index is 1.71. The topological polar surface area (TPSA) is 65.1 Å². The van der Waals surface area contributed by atoms with E-state index in [9.17, 15) is 9.59 Å². The van der Waals surface area contributed by atoms with Gasteiger partial charge in [0.05, 0.1) is 28.2 Å². The summed E-state index contributed by atoms with van der Waals surface area (Å²) in [5.74, 6) is 1.57. The van der Waals surface area contributed by atoms with Crippen molar-refractivity contribution in [2.24, 2.45) is 0 Å². The average molecular weight is 574 g/mol. The molecule has 0 N–H and O–H groups in total. The Hall–Kier alpha value is -1.91. The molecule has 0 aliphatic carbocycles. The molecule has 2 aromatic carbocycles. The Labute approximate surface area is 204 Å². The Morgan fingerprint density at radius 2 is 1.77 bits per heavy atom. The van der Waals surface area contributed by atoms with Crippen LogP contribution in [0.25, 0.3) is 6.08 Å². The Kier molecular flexibility index (Phi) is 8.50. The van der Waals surface area contributed by atoms with Crippen LogP contribution in [-0.2, 0) is 4.79 Å². The minimum atomic E-state index is -0.337. The number of ether oxygens (including phenoxy) is 3. The number of imide groups is 1. The van der Waals surface area contributed by atoms with Crippen molar-refractivity contribution in [3.05, 3.63) is 55.5 Å². The lowest BCUT2D eigenvalue weighted by Gasteiger charge is -2.14. The Morgan fingerprint density at radius 1 is 1.06 bits per heavy atom. The van der Waals surface area contributed by atoms with Gasteiger partial charge in [-0.15, -0.1) is 0 Å². The zero-order chi connectivity index (χ0) is 22.4. The number of amides is 2. The summed E-state index contributed by atoms with van der Waals surface area (Å²) in [5.41, 5.74) is 0.763. The number of nitrogens with zero attached hydrogens (tertiary/aromatic N) is 1. The van der Waals surface area contributed by atoms with Crippen molar-refractivity contribution in [2.75, 3.05) is 26.4 Å². The van der Waals surface area contributed by atoms with Gasteiger partial charge in [-0.25, -0.2) is 0 Å². The second-order valence-corrected chi connectivity index (χ2v) is 8.92. The highest BCUT2D eigenvalue weighted by molar-refractivity contribution is 14.1. The fourth-order valence-corrected chi connectivity index (χ4v) is 4.62. The zero-order valence-corrected chi connectivity index (χ0v) is 20.8. The quantitative estimate of drug-likeness (QED) is 0.277. The third-order valence-electron chi connectivity index (χ3n) is 4.19. The zero-order valence-electron chi connectivity index (χ0n) is 17.0. The SMILES string of the molecule is CCOc1cc(/C=C2\SC(=O)N(CCOc3ccc(Cl)cc3)C2=O)cc(I)c1OCC. The van der Waals surface area contributed by atoms with E-state index in [4.69, 9.17) is 25.8 Å². The van der Waals surface area contributed by atoms with E-state index in [-0.39, 0.29) is 24.3 Å². The van der Waals surface area contributed by atoms with Gasteiger partial charge in [0.15, 0.2) is 11.5 Å². The van der Waals surface area contributed by atoms with Crippen molar-refractivity contribution in [3.63, 3.8) is 0 Å². The molecule has 1 saturated heterocycles. The second kappa shape index (κ2) is 11.1. The minimum Gasteiger partial charge on any atom is -0.492 e. The van der Waals surface area contributed by atoms with Crippen LogP contribution in [0.5, 0.6) is 17.2 Å². The summed E-state index contributed by atoms with van der Waals surface area (Å²) in [7, 11) is 0. The Bertz CT molecular complexity index is 996. The van der Waals surface area contributed by atoms with Gasteiger partial charge in [0.2, 0.25) is 0 Å². The summed E-state index contributed by atoms with van der Waals surface area (Å²) in [6.07, 6.45) is 1.70. The first-order chi connectivity index (χ1) is 14.9. The van der Waals surface area contributed by atoms with Gasteiger partial charge in [-0.3, -0.25) is 14.5 Å². The maximum atomic E-state index is 12.8. The first-order valence-electron chi connectivity index (χ1n) is 9.65. The molecule has 6 nitrogen and oxygen atoms in total. The predicted molar refractivity (Wildman–Crippen MR) is 131 cm³/mol. The molecule has 9 heteroatoms. The molecule has 0 unspecified atom stereocenters. The van der Waals surface area contributed by atoms with E-state index in [1.165, 1.54) is 4.90 Å². The van der Waals surface area contributed by atoms with E-state index in [2.05, 4.69) is 22.6 Å². The van der Waals surface area contributed by atoms with Crippen molar-refractivity contribution in [2.45, 2.75) is 13.8 Å². The van der Waals surface area contributed by atoms with Gasteiger partial charge < -0.3 is 14.2 Å². The van der Waals surface area contributed by atoms with Crippen LogP contribution in [0, 0.1) is 3.57 Å². The molecule has 0 spiro atoms. The van der Waals surface area contributed by atoms with Crippen LogP contribution < -0.4 is 14.2 Å². The number of carbonyl (C=O) groups excluding carboxylic acids is 2. The van der Waals surface area contributed by atoms with Crippen LogP contribution in [0.1, 0.15) is 19.4 Å². The minimum absolute atomic E-state index is 0.162. The lowest BCUT2D eigenvalue weighted by molar-refractivity contribution is -0.123. The van der Waals surface area contributed by atoms with E-state index in [1.54, 1.807) is 30.3 Å². The second-order valence-electron chi connectivity index (χ2n) is 6.33. The summed E-state index contributed by atoms with van der Waals surface area (Å²) in [5, 5.41) is 0.293. The molecule has 0 bridgehead atoms. The summed E-state index contributed by atoms with van der Waals surface area (Å²) in [6.45, 7) is 5.17. The number of hydrogen-bond donors (Lipinski definition) is 0. The van der Waals surface area contributed by atoms with Gasteiger partial charge in [-0.2, -0.15) is 0 Å². The van der Waals surface area contributed by atoms with E-state index < -0.39 is 0 Å². The Morgan fingerprint density at radius 3 is 2.45 bits per heavy atom. The molecule has 0 atom stereocenters. The van der Waals surface area contributed by atoms with Gasteiger partial charge >= 0.3 is 0 Å². The van der Waals surface area contributed by atoms with Crippen LogP contribution in [0.2, 0.25) is 5.02 Å². The molecule has 164 valence electrons. The van der Waals surface area contributed by atoms with Crippen molar-refractivity contribution in [1.29, 1.82) is 0 Å². The third kappa shape index (κ3) is 6.08. The number of rotatable bonds is 9. The third-order valence-corrected chi connectivity index (χ3v) is 6.15. The molecule has 31 heavy (non-hydrogen) atoms. The fourth-order valence-electron chi connectivity index (χ4n) is 2.85. The van der Waals surface area contributed by atoms with Crippen LogP contribution in [0.4, 0.5) is 4.79 Å². The molecule has 0 saturated carbocycles. The summed E-state index contributed by atoms with van der Waals surface area (Å²) in [4.78, 5) is 26.7. The maximum Gasteiger partial charge on any atom is 0.293 e. The van der Waals surface area contributed by atoms with Crippen molar-refractivity contribution in [1.82, 2.24) is 4.90 Å². The molecule has 1 aliphatic rings. The molecule has 2 aromatic rings. The van der Waals surface area contributed by atoms with Gasteiger partial charge in [-0.1, -0.05) is 11.6 Å². The van der Waals surface area contributed by atoms with Crippen molar-refractivity contribution < 1.29 is 23.8 Å². The van der Waals surface area contributed by atoms with E-state index in [0.717, 1.165) is 20.9 Å². The first kappa shape index (κ1) is 23.7. The molecule has 0 aromatic heterocycles. The van der Waals surface area contributed by atoms with E-state index >= 15 is 0 Å². The predicted octanol–water partition coefficient (Wildman–Crippen LogP) is 5.86. The lowest BCUT2D eigenvalue weighted by atomic mass is 10.2. The first-order valence-corrected chi connectivity index (χ1v) is 11.9. The molecule has 1 aliphatic heterocycles. The van der Waals surface area contributed by atoms with Crippen LogP contribution in [0.3, 0.4) is 0 Å². The summed E-state index contributed by atoms with van der Waals surface area (Å²) < 4.78 is 17.8. The molecule has 1 heterocycles. The molecule has 0 radical (unpaired) electrons. The van der Waals surface area contributed by atoms with Gasteiger partial charge in [0, 0.05) is 5.02 Å². The number of thioether (sulfide) groups is 1. The highest BCUT2D eigenvalue weighted by Gasteiger charge is 2.34. The van der Waals surface area contributed by atoms with Crippen LogP contribution in [0.15, 0.2) is 41.3 Å². The van der Waals surface area contributed by atoms with Gasteiger partial charge in [-0.05, 0) is 96.2 Å². The number of hydrogen-bond acceptors (Lipinski definition) is 6. The number of benzene rings is 2. The van der Waals surface area contributed by atoms with Gasteiger partial charge in [0.25, 0.3) is 11.1 Å². The van der Waals surface area contributed by atoms with Crippen LogP contribution >= 0.6 is 46.0 Å². The van der Waals surface area contributed by atoms with Crippen molar-refractivity contribution >= 4 is 63.2 Å². The van der Waals surface area contributed by atoms with Crippen LogP contribution in [-0.4, -0.2) is 42.4 Å². The lowest BCUT2D eigenvalue weighted by Crippen LogP contribution is -2.32. The summed E-state index contributed by atoms with van der Waals surface area (Å²) in [6, 6.07) is 10.6. The average Bonchev–Trinajstić information content (AvgIpc) is 2.99. The molecular formula is C22H21ClINO5S. The monoisotopic (exact) mass is 573 g/mol. The highest BCUT2D eigenvalue weighted by Crippen LogP contribution is 2.37. The fraction of sp³-hybridized carbons (Fsp3) is 0.273.